The van der Waals surface area contributed by atoms with Gasteiger partial charge < -0.3 is 19.4 Å². The first-order chi connectivity index (χ1) is 16.3. The third-order valence-corrected chi connectivity index (χ3v) is 5.53. The highest BCUT2D eigenvalue weighted by Gasteiger charge is 2.32. The standard InChI is InChI=1S/C23H19F3N6O2/c1-14-2-3-15(22(33)30-17-7-16(8-27-9-17)23(24,25)26)6-20(14)34-18-11-32(12-18)21-19-10-28-13-31(19)5-4-29-21/h2-10,13,18H,11-12H2,1H3,(H,30,33). The second-order valence-corrected chi connectivity index (χ2v) is 7.98. The maximum atomic E-state index is 12.9. The number of amides is 1. The molecule has 1 saturated heterocycles. The number of aryl methyl sites for hydroxylation is 1. The van der Waals surface area contributed by atoms with E-state index >= 15 is 0 Å². The molecule has 0 unspecified atom stereocenters. The fraction of sp³-hybridized carbons (Fsp3) is 0.217. The first kappa shape index (κ1) is 21.7. The van der Waals surface area contributed by atoms with E-state index in [0.717, 1.165) is 29.2 Å². The zero-order valence-electron chi connectivity index (χ0n) is 18.0. The van der Waals surface area contributed by atoms with Crippen molar-refractivity contribution in [1.29, 1.82) is 0 Å². The Balaban J connectivity index is 1.26. The van der Waals surface area contributed by atoms with Crippen LogP contribution >= 0.6 is 0 Å². The van der Waals surface area contributed by atoms with Crippen LogP contribution in [0.4, 0.5) is 24.7 Å². The van der Waals surface area contributed by atoms with Gasteiger partial charge in [0.25, 0.3) is 5.91 Å². The maximum Gasteiger partial charge on any atom is 0.417 e. The second-order valence-electron chi connectivity index (χ2n) is 7.98. The maximum absolute atomic E-state index is 12.9. The number of halogens is 3. The average molecular weight is 468 g/mol. The molecule has 1 amide bonds. The van der Waals surface area contributed by atoms with E-state index in [4.69, 9.17) is 4.74 Å². The summed E-state index contributed by atoms with van der Waals surface area (Å²) in [6.07, 6.45) is 4.23. The quantitative estimate of drug-likeness (QED) is 0.477. The van der Waals surface area contributed by atoms with Crippen molar-refractivity contribution in [2.45, 2.75) is 19.2 Å². The highest BCUT2D eigenvalue weighted by atomic mass is 19.4. The number of fused-ring (bicyclic) bond motifs is 1. The monoisotopic (exact) mass is 468 g/mol. The molecular formula is C23H19F3N6O2. The van der Waals surface area contributed by atoms with E-state index in [0.29, 0.717) is 25.0 Å². The highest BCUT2D eigenvalue weighted by Crippen LogP contribution is 2.31. The first-order valence-electron chi connectivity index (χ1n) is 10.4. The number of rotatable bonds is 5. The highest BCUT2D eigenvalue weighted by molar-refractivity contribution is 6.04. The molecule has 0 spiro atoms. The van der Waals surface area contributed by atoms with Gasteiger partial charge in [-0.1, -0.05) is 6.07 Å². The van der Waals surface area contributed by atoms with Crippen LogP contribution in [0.25, 0.3) is 5.52 Å². The number of carbonyl (C=O) groups is 1. The Kier molecular flexibility index (Phi) is 5.31. The number of benzene rings is 1. The molecule has 0 saturated carbocycles. The molecule has 4 aromatic rings. The minimum atomic E-state index is -4.55. The van der Waals surface area contributed by atoms with Gasteiger partial charge in [-0.25, -0.2) is 9.97 Å². The molecule has 174 valence electrons. The van der Waals surface area contributed by atoms with Gasteiger partial charge in [0.15, 0.2) is 5.82 Å². The number of aromatic nitrogens is 4. The van der Waals surface area contributed by atoms with Gasteiger partial charge in [0.05, 0.1) is 43.1 Å². The van der Waals surface area contributed by atoms with Gasteiger partial charge in [0.2, 0.25) is 0 Å². The van der Waals surface area contributed by atoms with Crippen molar-refractivity contribution in [3.63, 3.8) is 0 Å². The number of imidazole rings is 1. The van der Waals surface area contributed by atoms with Gasteiger partial charge >= 0.3 is 6.18 Å². The Morgan fingerprint density at radius 3 is 2.76 bits per heavy atom. The molecule has 4 heterocycles. The van der Waals surface area contributed by atoms with Gasteiger partial charge in [0.1, 0.15) is 17.4 Å². The Hall–Kier alpha value is -4.15. The lowest BCUT2D eigenvalue weighted by molar-refractivity contribution is -0.137. The molecule has 0 radical (unpaired) electrons. The van der Waals surface area contributed by atoms with Crippen LogP contribution in [0.5, 0.6) is 5.75 Å². The molecule has 0 bridgehead atoms. The summed E-state index contributed by atoms with van der Waals surface area (Å²) >= 11 is 0. The molecule has 11 heteroatoms. The normalized spacial score (nSPS) is 14.2. The molecule has 3 aromatic heterocycles. The van der Waals surface area contributed by atoms with E-state index in [1.165, 1.54) is 0 Å². The minimum Gasteiger partial charge on any atom is -0.486 e. The fourth-order valence-electron chi connectivity index (χ4n) is 3.68. The van der Waals surface area contributed by atoms with Crippen LogP contribution in [0.3, 0.4) is 0 Å². The van der Waals surface area contributed by atoms with E-state index in [1.807, 2.05) is 17.5 Å². The third-order valence-electron chi connectivity index (χ3n) is 5.53. The van der Waals surface area contributed by atoms with Gasteiger partial charge in [-0.2, -0.15) is 13.2 Å². The van der Waals surface area contributed by atoms with Crippen molar-refractivity contribution in [3.8, 4) is 5.75 Å². The number of pyridine rings is 1. The minimum absolute atomic E-state index is 0.0425. The zero-order valence-corrected chi connectivity index (χ0v) is 18.0. The summed E-state index contributed by atoms with van der Waals surface area (Å²) in [7, 11) is 0. The number of ether oxygens (including phenoxy) is 1. The summed E-state index contributed by atoms with van der Waals surface area (Å²) in [5.74, 6) is 0.798. The van der Waals surface area contributed by atoms with E-state index in [9.17, 15) is 18.0 Å². The molecule has 1 fully saturated rings. The van der Waals surface area contributed by atoms with Gasteiger partial charge in [-0.05, 0) is 30.7 Å². The molecule has 1 N–H and O–H groups in total. The van der Waals surface area contributed by atoms with Crippen molar-refractivity contribution < 1.29 is 22.7 Å². The molecule has 5 rings (SSSR count). The summed E-state index contributed by atoms with van der Waals surface area (Å²) in [4.78, 5) is 26.9. The zero-order chi connectivity index (χ0) is 23.9. The lowest BCUT2D eigenvalue weighted by Gasteiger charge is -2.40. The molecule has 34 heavy (non-hydrogen) atoms. The van der Waals surface area contributed by atoms with E-state index in [2.05, 4.69) is 25.2 Å². The second kappa shape index (κ2) is 8.32. The number of carbonyl (C=O) groups excluding carboxylic acids is 1. The van der Waals surface area contributed by atoms with Crippen LogP contribution < -0.4 is 15.0 Å². The number of hydrogen-bond acceptors (Lipinski definition) is 6. The van der Waals surface area contributed by atoms with Crippen molar-refractivity contribution in [3.05, 3.63) is 78.3 Å². The Bertz CT molecular complexity index is 1360. The number of nitrogens with one attached hydrogen (secondary N) is 1. The predicted molar refractivity (Wildman–Crippen MR) is 118 cm³/mol. The van der Waals surface area contributed by atoms with Gasteiger partial charge in [-0.15, -0.1) is 0 Å². The third kappa shape index (κ3) is 4.24. The fourth-order valence-corrected chi connectivity index (χ4v) is 3.68. The van der Waals surface area contributed by atoms with Crippen molar-refractivity contribution in [2.24, 2.45) is 0 Å². The van der Waals surface area contributed by atoms with Gasteiger partial charge in [-0.3, -0.25) is 9.78 Å². The lowest BCUT2D eigenvalue weighted by Crippen LogP contribution is -2.54. The van der Waals surface area contributed by atoms with Crippen molar-refractivity contribution in [2.75, 3.05) is 23.3 Å². The number of anilines is 2. The Morgan fingerprint density at radius 2 is 1.97 bits per heavy atom. The van der Waals surface area contributed by atoms with Crippen LogP contribution in [0, 0.1) is 6.92 Å². The SMILES string of the molecule is Cc1ccc(C(=O)Nc2cncc(C(F)(F)F)c2)cc1OC1CN(c2nccn3cncc23)C1. The van der Waals surface area contributed by atoms with Crippen molar-refractivity contribution >= 4 is 22.9 Å². The van der Waals surface area contributed by atoms with E-state index in [1.54, 1.807) is 36.9 Å². The number of hydrogen-bond donors (Lipinski definition) is 1. The van der Waals surface area contributed by atoms with Crippen LogP contribution in [0.15, 0.2) is 61.6 Å². The van der Waals surface area contributed by atoms with Crippen LogP contribution in [0.2, 0.25) is 0 Å². The van der Waals surface area contributed by atoms with Crippen LogP contribution in [0.1, 0.15) is 21.5 Å². The molecule has 0 aliphatic carbocycles. The summed E-state index contributed by atoms with van der Waals surface area (Å²) in [6.45, 7) is 3.09. The molecule has 8 nitrogen and oxygen atoms in total. The summed E-state index contributed by atoms with van der Waals surface area (Å²) < 4.78 is 46.7. The Labute approximate surface area is 192 Å². The first-order valence-corrected chi connectivity index (χ1v) is 10.4. The summed E-state index contributed by atoms with van der Waals surface area (Å²) in [6, 6.07) is 5.76. The van der Waals surface area contributed by atoms with Crippen LogP contribution in [-0.4, -0.2) is 44.5 Å². The van der Waals surface area contributed by atoms with E-state index in [-0.39, 0.29) is 17.4 Å². The lowest BCUT2D eigenvalue weighted by atomic mass is 10.1. The van der Waals surface area contributed by atoms with E-state index < -0.39 is 17.6 Å². The molecule has 1 aliphatic heterocycles. The average Bonchev–Trinajstić information content (AvgIpc) is 3.26. The molecule has 0 atom stereocenters. The molecule has 1 aliphatic rings. The summed E-state index contributed by atoms with van der Waals surface area (Å²) in [5.41, 5.74) is 1.03. The largest absolute Gasteiger partial charge is 0.486 e. The predicted octanol–water partition coefficient (Wildman–Crippen LogP) is 3.97. The van der Waals surface area contributed by atoms with Crippen LogP contribution in [-0.2, 0) is 6.18 Å². The van der Waals surface area contributed by atoms with Crippen molar-refractivity contribution in [1.82, 2.24) is 19.4 Å². The smallest absolute Gasteiger partial charge is 0.417 e. The summed E-state index contributed by atoms with van der Waals surface area (Å²) in [5, 5.41) is 2.46. The Morgan fingerprint density at radius 1 is 1.15 bits per heavy atom. The molecule has 1 aromatic carbocycles. The molecular weight excluding hydrogens is 449 g/mol. The van der Waals surface area contributed by atoms with Gasteiger partial charge in [0, 0.05) is 24.2 Å². The number of alkyl halides is 3. The number of nitrogens with zero attached hydrogens (tertiary/aromatic N) is 5. The topological polar surface area (TPSA) is 84.6 Å².